The number of primary amides is 1. The van der Waals surface area contributed by atoms with E-state index in [2.05, 4.69) is 30.0 Å². The van der Waals surface area contributed by atoms with Crippen molar-refractivity contribution in [2.45, 2.75) is 70.8 Å². The van der Waals surface area contributed by atoms with Crippen molar-refractivity contribution in [3.8, 4) is 0 Å². The first-order valence-corrected chi connectivity index (χ1v) is 12.8. The van der Waals surface area contributed by atoms with Crippen molar-refractivity contribution in [1.82, 2.24) is 9.88 Å². The Morgan fingerprint density at radius 1 is 1.06 bits per heavy atom. The van der Waals surface area contributed by atoms with E-state index in [9.17, 15) is 4.79 Å². The van der Waals surface area contributed by atoms with Crippen molar-refractivity contribution >= 4 is 59.8 Å². The van der Waals surface area contributed by atoms with Crippen molar-refractivity contribution in [3.63, 3.8) is 0 Å². The molecule has 0 spiro atoms. The van der Waals surface area contributed by atoms with Crippen LogP contribution in [0, 0.1) is 12.8 Å². The smallest absolute Gasteiger partial charge is 0.249 e. The highest BCUT2D eigenvalue weighted by molar-refractivity contribution is 6.09. The van der Waals surface area contributed by atoms with E-state index in [4.69, 9.17) is 16.5 Å². The van der Waals surface area contributed by atoms with Crippen LogP contribution >= 0.6 is 37.2 Å². The first-order chi connectivity index (χ1) is 15.9. The van der Waals surface area contributed by atoms with Gasteiger partial charge in [0.15, 0.2) is 0 Å². The molecule has 4 rings (SSSR count). The van der Waals surface area contributed by atoms with E-state index in [0.29, 0.717) is 18.0 Å². The molecule has 1 aromatic heterocycles. The number of carbonyl (C=O) groups excluding carboxylic acids is 1. The number of piperidine rings is 1. The fourth-order valence-corrected chi connectivity index (χ4v) is 6.03. The number of amides is 1. The van der Waals surface area contributed by atoms with Crippen LogP contribution in [0.1, 0.15) is 84.3 Å². The van der Waals surface area contributed by atoms with Crippen molar-refractivity contribution in [2.24, 2.45) is 17.4 Å². The average molecular weight is 561 g/mol. The maximum atomic E-state index is 12.8. The predicted octanol–water partition coefficient (Wildman–Crippen LogP) is 5.58. The number of carbonyl (C=O) groups is 1. The Hall–Kier alpha value is -1.31. The van der Waals surface area contributed by atoms with Crippen molar-refractivity contribution in [1.29, 1.82) is 0 Å². The maximum absolute atomic E-state index is 12.8. The molecule has 0 atom stereocenters. The molecule has 2 heterocycles. The minimum Gasteiger partial charge on any atom is -0.366 e. The summed E-state index contributed by atoms with van der Waals surface area (Å²) in [5, 5.41) is 0.958. The molecule has 36 heavy (non-hydrogen) atoms. The predicted molar refractivity (Wildman–Crippen MR) is 159 cm³/mol. The van der Waals surface area contributed by atoms with Crippen LogP contribution in [0.2, 0.25) is 0 Å². The van der Waals surface area contributed by atoms with Crippen LogP contribution in [-0.4, -0.2) is 49.5 Å². The van der Waals surface area contributed by atoms with Gasteiger partial charge in [0.1, 0.15) is 5.82 Å². The SMILES string of the molecule is Cc1c(N2CCC(CCN(C)C)CC2)nc2ccc(CN)c(C3CCCCC3)c2c1C(N)=O.Cl.Cl.Cl. The molecule has 9 heteroatoms. The Balaban J connectivity index is 0.00000216. The molecule has 1 amide bonds. The summed E-state index contributed by atoms with van der Waals surface area (Å²) in [6, 6.07) is 4.17. The zero-order valence-corrected chi connectivity index (χ0v) is 24.4. The first-order valence-electron chi connectivity index (χ1n) is 12.8. The number of nitrogens with two attached hydrogens (primary N) is 2. The first kappa shape index (κ1) is 32.7. The lowest BCUT2D eigenvalue weighted by molar-refractivity contribution is 0.100. The van der Waals surface area contributed by atoms with E-state index in [1.165, 1.54) is 44.1 Å². The number of aromatic nitrogens is 1. The molecule has 0 unspecified atom stereocenters. The number of pyridine rings is 1. The second-order valence-electron chi connectivity index (χ2n) is 10.4. The maximum Gasteiger partial charge on any atom is 0.249 e. The number of benzene rings is 1. The molecule has 204 valence electrons. The van der Waals surface area contributed by atoms with E-state index < -0.39 is 0 Å². The molecule has 0 radical (unpaired) electrons. The Morgan fingerprint density at radius 2 is 1.69 bits per heavy atom. The van der Waals surface area contributed by atoms with Gasteiger partial charge in [-0.1, -0.05) is 25.3 Å². The van der Waals surface area contributed by atoms with Gasteiger partial charge in [-0.3, -0.25) is 4.79 Å². The van der Waals surface area contributed by atoms with Crippen LogP contribution in [0.15, 0.2) is 12.1 Å². The molecule has 1 aromatic carbocycles. The fraction of sp³-hybridized carbons (Fsp3) is 0.630. The molecule has 1 aliphatic carbocycles. The lowest BCUT2D eigenvalue weighted by atomic mass is 9.79. The molecule has 1 saturated carbocycles. The van der Waals surface area contributed by atoms with E-state index in [-0.39, 0.29) is 43.1 Å². The lowest BCUT2D eigenvalue weighted by Crippen LogP contribution is -2.36. The van der Waals surface area contributed by atoms with Crippen molar-refractivity contribution < 1.29 is 4.79 Å². The number of hydrogen-bond donors (Lipinski definition) is 2. The molecule has 4 N–H and O–H groups in total. The standard InChI is InChI=1S/C27H41N5O.3ClH/c1-18-23(26(29)33)25-22(10-9-21(17-28)24(25)20-7-5-4-6-8-20)30-27(18)32-15-12-19(13-16-32)11-14-31(2)3;;;/h9-10,19-20H,4-8,11-17,28H2,1-3H3,(H2,29,33);3*1H. The summed E-state index contributed by atoms with van der Waals surface area (Å²) in [7, 11) is 4.28. The van der Waals surface area contributed by atoms with Crippen LogP contribution in [0.25, 0.3) is 10.9 Å². The van der Waals surface area contributed by atoms with Gasteiger partial charge in [0, 0.05) is 30.6 Å². The largest absolute Gasteiger partial charge is 0.366 e. The minimum absolute atomic E-state index is 0. The summed E-state index contributed by atoms with van der Waals surface area (Å²) in [5.74, 6) is 1.76. The normalized spacial score (nSPS) is 16.9. The van der Waals surface area contributed by atoms with Crippen molar-refractivity contribution in [2.75, 3.05) is 38.6 Å². The summed E-state index contributed by atoms with van der Waals surface area (Å²) < 4.78 is 0. The highest BCUT2D eigenvalue weighted by Crippen LogP contribution is 2.41. The Labute approximate surface area is 235 Å². The summed E-state index contributed by atoms with van der Waals surface area (Å²) >= 11 is 0. The van der Waals surface area contributed by atoms with Gasteiger partial charge < -0.3 is 21.3 Å². The van der Waals surface area contributed by atoms with E-state index in [1.807, 2.05) is 13.0 Å². The number of nitrogens with zero attached hydrogens (tertiary/aromatic N) is 3. The third-order valence-corrected chi connectivity index (χ3v) is 7.88. The number of halogens is 3. The van der Waals surface area contributed by atoms with E-state index in [1.54, 1.807) is 0 Å². The lowest BCUT2D eigenvalue weighted by Gasteiger charge is -2.35. The van der Waals surface area contributed by atoms with Gasteiger partial charge in [-0.2, -0.15) is 0 Å². The van der Waals surface area contributed by atoms with Gasteiger partial charge in [0.05, 0.1) is 11.1 Å². The van der Waals surface area contributed by atoms with Gasteiger partial charge in [-0.15, -0.1) is 37.2 Å². The molecule has 1 saturated heterocycles. The molecule has 2 fully saturated rings. The van der Waals surface area contributed by atoms with Crippen LogP contribution < -0.4 is 16.4 Å². The van der Waals surface area contributed by atoms with Crippen molar-refractivity contribution in [3.05, 3.63) is 34.4 Å². The van der Waals surface area contributed by atoms with E-state index >= 15 is 0 Å². The van der Waals surface area contributed by atoms with Gasteiger partial charge in [-0.25, -0.2) is 4.98 Å². The quantitative estimate of drug-likeness (QED) is 0.461. The number of hydrogen-bond acceptors (Lipinski definition) is 5. The third-order valence-electron chi connectivity index (χ3n) is 7.88. The average Bonchev–Trinajstić information content (AvgIpc) is 2.82. The van der Waals surface area contributed by atoms with Gasteiger partial charge >= 0.3 is 0 Å². The molecule has 0 bridgehead atoms. The second-order valence-corrected chi connectivity index (χ2v) is 10.4. The summed E-state index contributed by atoms with van der Waals surface area (Å²) in [4.78, 5) is 22.6. The molecular formula is C27H44Cl3N5O. The minimum atomic E-state index is -0.353. The second kappa shape index (κ2) is 14.6. The molecule has 6 nitrogen and oxygen atoms in total. The molecule has 1 aliphatic heterocycles. The third kappa shape index (κ3) is 6.96. The van der Waals surface area contributed by atoms with Gasteiger partial charge in [0.25, 0.3) is 0 Å². The molecular weight excluding hydrogens is 517 g/mol. The van der Waals surface area contributed by atoms with Crippen LogP contribution in [0.5, 0.6) is 0 Å². The Bertz CT molecular complexity index is 1000. The summed E-state index contributed by atoms with van der Waals surface area (Å²) in [6.45, 7) is 5.59. The van der Waals surface area contributed by atoms with Crippen LogP contribution in [-0.2, 0) is 6.54 Å². The summed E-state index contributed by atoms with van der Waals surface area (Å²) in [6.07, 6.45) is 9.60. The zero-order chi connectivity index (χ0) is 23.5. The van der Waals surface area contributed by atoms with Gasteiger partial charge in [0.2, 0.25) is 5.91 Å². The topological polar surface area (TPSA) is 88.5 Å². The highest BCUT2D eigenvalue weighted by Gasteiger charge is 2.28. The van der Waals surface area contributed by atoms with Gasteiger partial charge in [-0.05, 0) is 88.7 Å². The van der Waals surface area contributed by atoms with Crippen LogP contribution in [0.3, 0.4) is 0 Å². The fourth-order valence-electron chi connectivity index (χ4n) is 6.03. The van der Waals surface area contributed by atoms with Crippen LogP contribution in [0.4, 0.5) is 5.82 Å². The molecule has 2 aromatic rings. The highest BCUT2D eigenvalue weighted by atomic mass is 35.5. The zero-order valence-electron chi connectivity index (χ0n) is 21.9. The number of anilines is 1. The monoisotopic (exact) mass is 559 g/mol. The Kier molecular flexibility index (Phi) is 13.3. The number of fused-ring (bicyclic) bond motifs is 1. The number of rotatable bonds is 7. The van der Waals surface area contributed by atoms with E-state index in [0.717, 1.165) is 66.2 Å². The Morgan fingerprint density at radius 3 is 2.25 bits per heavy atom. The molecule has 2 aliphatic rings. The summed E-state index contributed by atoms with van der Waals surface area (Å²) in [5.41, 5.74) is 17.0.